The molecule has 31 heavy (non-hydrogen) atoms. The van der Waals surface area contributed by atoms with E-state index in [1.54, 1.807) is 20.2 Å². The van der Waals surface area contributed by atoms with Crippen LogP contribution >= 0.6 is 0 Å². The first kappa shape index (κ1) is 21.1. The average Bonchev–Trinajstić information content (AvgIpc) is 3.11. The van der Waals surface area contributed by atoms with Gasteiger partial charge in [-0.05, 0) is 36.8 Å². The second-order valence-corrected chi connectivity index (χ2v) is 8.09. The fourth-order valence-electron chi connectivity index (χ4n) is 4.16. The van der Waals surface area contributed by atoms with Crippen LogP contribution in [0.2, 0.25) is 0 Å². The van der Waals surface area contributed by atoms with Gasteiger partial charge in [-0.3, -0.25) is 4.79 Å². The van der Waals surface area contributed by atoms with Crippen LogP contribution in [0.25, 0.3) is 0 Å². The molecule has 0 radical (unpaired) electrons. The molecule has 8 heteroatoms. The smallest absolute Gasteiger partial charge is 0.323 e. The van der Waals surface area contributed by atoms with E-state index in [0.717, 1.165) is 5.56 Å². The first-order valence-electron chi connectivity index (χ1n) is 10.3. The van der Waals surface area contributed by atoms with Gasteiger partial charge in [0.1, 0.15) is 18.0 Å². The molecule has 4 rings (SSSR count). The number of ether oxygens (including phenoxy) is 2. The Balaban J connectivity index is 1.49. The van der Waals surface area contributed by atoms with Crippen molar-refractivity contribution in [2.45, 2.75) is 37.1 Å². The van der Waals surface area contributed by atoms with Gasteiger partial charge in [-0.2, -0.15) is 0 Å². The summed E-state index contributed by atoms with van der Waals surface area (Å²) in [5.74, 6) is 0.665. The molecule has 0 unspecified atom stereocenters. The summed E-state index contributed by atoms with van der Waals surface area (Å²) in [6, 6.07) is 14.4. The topological polar surface area (TPSA) is 100 Å². The lowest BCUT2D eigenvalue weighted by molar-refractivity contribution is -0.147. The summed E-state index contributed by atoms with van der Waals surface area (Å²) in [6.45, 7) is -0.188. The normalized spacial score (nSPS) is 23.8. The fraction of sp³-hybridized carbons (Fsp3) is 0.391. The van der Waals surface area contributed by atoms with Crippen molar-refractivity contribution in [2.24, 2.45) is 0 Å². The molecule has 2 aliphatic heterocycles. The Morgan fingerprint density at radius 3 is 2.55 bits per heavy atom. The van der Waals surface area contributed by atoms with Gasteiger partial charge in [-0.1, -0.05) is 18.2 Å². The summed E-state index contributed by atoms with van der Waals surface area (Å²) in [5, 5.41) is 15.5. The molecule has 3 N–H and O–H groups in total. The number of amides is 3. The SMILES string of the molecule is CN(C)C(=O)C[C@H]1C[C@@H]2c3cc(NC(=O)Nc4ccccc4)ccc3O[C@@H]2[C@H](CO)O1. The Hall–Kier alpha value is -3.10. The minimum atomic E-state index is -0.510. The van der Waals surface area contributed by atoms with E-state index < -0.39 is 6.10 Å². The maximum absolute atomic E-state index is 12.4. The van der Waals surface area contributed by atoms with Crippen molar-refractivity contribution in [3.8, 4) is 5.75 Å². The number of rotatable bonds is 5. The number of anilines is 2. The van der Waals surface area contributed by atoms with Gasteiger partial charge in [0.25, 0.3) is 0 Å². The number of benzene rings is 2. The van der Waals surface area contributed by atoms with Crippen LogP contribution < -0.4 is 15.4 Å². The molecule has 0 aliphatic carbocycles. The third-order valence-electron chi connectivity index (χ3n) is 5.69. The third-order valence-corrected chi connectivity index (χ3v) is 5.69. The van der Waals surface area contributed by atoms with Gasteiger partial charge in [0.2, 0.25) is 5.91 Å². The summed E-state index contributed by atoms with van der Waals surface area (Å²) < 4.78 is 12.0. The predicted molar refractivity (Wildman–Crippen MR) is 116 cm³/mol. The predicted octanol–water partition coefficient (Wildman–Crippen LogP) is 2.80. The van der Waals surface area contributed by atoms with E-state index >= 15 is 0 Å². The molecule has 1 fully saturated rings. The number of fused-ring (bicyclic) bond motifs is 3. The van der Waals surface area contributed by atoms with Crippen molar-refractivity contribution >= 4 is 23.3 Å². The van der Waals surface area contributed by atoms with E-state index in [1.165, 1.54) is 4.90 Å². The van der Waals surface area contributed by atoms with Gasteiger partial charge in [0.15, 0.2) is 0 Å². The first-order chi connectivity index (χ1) is 14.9. The third kappa shape index (κ3) is 4.65. The minimum absolute atomic E-state index is 0.0210. The largest absolute Gasteiger partial charge is 0.487 e. The summed E-state index contributed by atoms with van der Waals surface area (Å²) in [7, 11) is 3.42. The van der Waals surface area contributed by atoms with Gasteiger partial charge >= 0.3 is 6.03 Å². The maximum atomic E-state index is 12.4. The second kappa shape index (κ2) is 8.95. The van der Waals surface area contributed by atoms with Crippen LogP contribution in [0.3, 0.4) is 0 Å². The number of aliphatic hydroxyl groups excluding tert-OH is 1. The molecule has 164 valence electrons. The number of aliphatic hydroxyl groups is 1. The van der Waals surface area contributed by atoms with E-state index in [-0.39, 0.29) is 43.1 Å². The molecule has 0 bridgehead atoms. The molecule has 2 aliphatic rings. The zero-order chi connectivity index (χ0) is 22.0. The quantitative estimate of drug-likeness (QED) is 0.684. The zero-order valence-corrected chi connectivity index (χ0v) is 17.6. The van der Waals surface area contributed by atoms with Crippen molar-refractivity contribution in [3.05, 3.63) is 54.1 Å². The number of urea groups is 1. The number of carbonyl (C=O) groups is 2. The van der Waals surface area contributed by atoms with Gasteiger partial charge in [0, 0.05) is 37.0 Å². The minimum Gasteiger partial charge on any atom is -0.487 e. The molecule has 2 aromatic carbocycles. The number of nitrogens with zero attached hydrogens (tertiary/aromatic N) is 1. The summed E-state index contributed by atoms with van der Waals surface area (Å²) in [4.78, 5) is 26.1. The van der Waals surface area contributed by atoms with Crippen LogP contribution in [0.1, 0.15) is 24.3 Å². The average molecular weight is 425 g/mol. The molecule has 0 saturated carbocycles. The van der Waals surface area contributed by atoms with Crippen molar-refractivity contribution in [2.75, 3.05) is 31.3 Å². The monoisotopic (exact) mass is 425 g/mol. The highest BCUT2D eigenvalue weighted by Gasteiger charge is 2.46. The number of carbonyl (C=O) groups excluding carboxylic acids is 2. The second-order valence-electron chi connectivity index (χ2n) is 8.09. The summed E-state index contributed by atoms with van der Waals surface area (Å²) in [6.07, 6.45) is -0.281. The Morgan fingerprint density at radius 1 is 1.10 bits per heavy atom. The number of para-hydroxylation sites is 1. The number of hydrogen-bond acceptors (Lipinski definition) is 5. The van der Waals surface area contributed by atoms with Crippen molar-refractivity contribution in [1.82, 2.24) is 4.90 Å². The van der Waals surface area contributed by atoms with Crippen molar-refractivity contribution < 1.29 is 24.2 Å². The fourth-order valence-corrected chi connectivity index (χ4v) is 4.16. The Morgan fingerprint density at radius 2 is 1.84 bits per heavy atom. The molecule has 8 nitrogen and oxygen atoms in total. The number of hydrogen-bond donors (Lipinski definition) is 3. The highest BCUT2D eigenvalue weighted by molar-refractivity contribution is 5.99. The zero-order valence-electron chi connectivity index (χ0n) is 17.6. The van der Waals surface area contributed by atoms with Crippen LogP contribution in [0, 0.1) is 0 Å². The first-order valence-corrected chi connectivity index (χ1v) is 10.3. The lowest BCUT2D eigenvalue weighted by Crippen LogP contribution is -2.47. The lowest BCUT2D eigenvalue weighted by Gasteiger charge is -2.37. The van der Waals surface area contributed by atoms with E-state index in [9.17, 15) is 14.7 Å². The highest BCUT2D eigenvalue weighted by atomic mass is 16.6. The maximum Gasteiger partial charge on any atom is 0.323 e. The molecule has 0 aromatic heterocycles. The summed E-state index contributed by atoms with van der Waals surface area (Å²) >= 11 is 0. The van der Waals surface area contributed by atoms with Gasteiger partial charge < -0.3 is 30.1 Å². The molecule has 1 saturated heterocycles. The van der Waals surface area contributed by atoms with Gasteiger partial charge in [-0.25, -0.2) is 4.79 Å². The van der Waals surface area contributed by atoms with E-state index in [1.807, 2.05) is 42.5 Å². The Labute approximate surface area is 181 Å². The molecular weight excluding hydrogens is 398 g/mol. The van der Waals surface area contributed by atoms with Crippen LogP contribution in [-0.4, -0.2) is 61.0 Å². The lowest BCUT2D eigenvalue weighted by atomic mass is 9.84. The van der Waals surface area contributed by atoms with Crippen LogP contribution in [0.5, 0.6) is 5.75 Å². The van der Waals surface area contributed by atoms with E-state index in [4.69, 9.17) is 9.47 Å². The van der Waals surface area contributed by atoms with Crippen LogP contribution in [-0.2, 0) is 9.53 Å². The van der Waals surface area contributed by atoms with E-state index in [0.29, 0.717) is 23.5 Å². The van der Waals surface area contributed by atoms with Gasteiger partial charge in [0.05, 0.1) is 19.1 Å². The molecule has 2 heterocycles. The molecule has 4 atom stereocenters. The van der Waals surface area contributed by atoms with Crippen LogP contribution in [0.15, 0.2) is 48.5 Å². The Bertz CT molecular complexity index is 949. The molecule has 3 amide bonds. The van der Waals surface area contributed by atoms with Crippen LogP contribution in [0.4, 0.5) is 16.2 Å². The highest BCUT2D eigenvalue weighted by Crippen LogP contribution is 2.47. The van der Waals surface area contributed by atoms with Crippen molar-refractivity contribution in [1.29, 1.82) is 0 Å². The standard InChI is InChI=1S/C23H27N3O5/c1-26(2)21(28)12-16-11-18-17-10-15(25-23(29)24-14-6-4-3-5-7-14)8-9-19(17)31-22(18)20(13-27)30-16/h3-10,16,18,20,22,27H,11-13H2,1-2H3,(H2,24,25,29)/t16-,18-,20+,22+/m1/s1. The van der Waals surface area contributed by atoms with Gasteiger partial charge in [-0.15, -0.1) is 0 Å². The summed E-state index contributed by atoms with van der Waals surface area (Å²) in [5.41, 5.74) is 2.30. The Kier molecular flexibility index (Phi) is 6.11. The number of nitrogens with one attached hydrogen (secondary N) is 2. The van der Waals surface area contributed by atoms with E-state index in [2.05, 4.69) is 10.6 Å². The molecule has 0 spiro atoms. The molecule has 2 aromatic rings. The molecular formula is C23H27N3O5. The van der Waals surface area contributed by atoms with Crippen molar-refractivity contribution in [3.63, 3.8) is 0 Å².